The molecule has 0 atom stereocenters. The summed E-state index contributed by atoms with van der Waals surface area (Å²) in [5.74, 6) is -1.54. The van der Waals surface area contributed by atoms with Gasteiger partial charge >= 0.3 is 11.9 Å². The van der Waals surface area contributed by atoms with Crippen LogP contribution in [0.15, 0.2) is 70.5 Å². The van der Waals surface area contributed by atoms with Crippen molar-refractivity contribution in [2.24, 2.45) is 0 Å². The molecule has 0 saturated carbocycles. The summed E-state index contributed by atoms with van der Waals surface area (Å²) < 4.78 is 4.64. The Balaban J connectivity index is 0.000000174. The summed E-state index contributed by atoms with van der Waals surface area (Å²) in [7, 11) is 0. The maximum atomic E-state index is 12.8. The number of nitrogens with zero attached hydrogens (tertiary/aromatic N) is 1. The van der Waals surface area contributed by atoms with Crippen molar-refractivity contribution in [1.29, 1.82) is 0 Å². The van der Waals surface area contributed by atoms with Crippen molar-refractivity contribution < 1.29 is 23.9 Å². The van der Waals surface area contributed by atoms with Crippen molar-refractivity contribution in [3.8, 4) is 0 Å². The van der Waals surface area contributed by atoms with Gasteiger partial charge in [-0.1, -0.05) is 63.3 Å². The number of imide groups is 1. The van der Waals surface area contributed by atoms with Crippen molar-refractivity contribution in [3.05, 3.63) is 82.9 Å². The first-order valence-corrected chi connectivity index (χ1v) is 14.3. The number of amides is 2. The van der Waals surface area contributed by atoms with Gasteiger partial charge in [0, 0.05) is 38.2 Å². The predicted molar refractivity (Wildman–Crippen MR) is 161 cm³/mol. The Kier molecular flexibility index (Phi) is 8.28. The van der Waals surface area contributed by atoms with Gasteiger partial charge in [-0.25, -0.2) is 9.59 Å². The summed E-state index contributed by atoms with van der Waals surface area (Å²) in [6.07, 6.45) is 6.80. The standard InChI is InChI=1S/C20H23NO2S.C12H6O3S/c1-2-3-4-5-6-7-13-21-19(22)15-10-8-9-14-17(24)12-11-16(18(14)15)20(21)23;13-11-7-3-1-2-6-9(16)5-4-8(10(6)7)12(14)15-11/h8-12,24H,2-7,13H2,1H3;1-5,16H. The van der Waals surface area contributed by atoms with Gasteiger partial charge < -0.3 is 4.74 Å². The Morgan fingerprint density at radius 3 is 1.70 bits per heavy atom. The van der Waals surface area contributed by atoms with E-state index in [0.717, 1.165) is 38.8 Å². The number of hydrogen-bond acceptors (Lipinski definition) is 7. The van der Waals surface area contributed by atoms with Crippen LogP contribution < -0.4 is 0 Å². The SMILES string of the molecule is CCCCCCCCN1C(=O)c2cccc3c(S)ccc(c23)C1=O.O=C1OC(=O)c2ccc(S)c3cccc1c23. The van der Waals surface area contributed by atoms with Gasteiger partial charge in [0.1, 0.15) is 0 Å². The minimum Gasteiger partial charge on any atom is -0.386 e. The van der Waals surface area contributed by atoms with Crippen LogP contribution in [0.25, 0.3) is 21.5 Å². The van der Waals surface area contributed by atoms with E-state index in [2.05, 4.69) is 36.9 Å². The van der Waals surface area contributed by atoms with Crippen LogP contribution in [0.3, 0.4) is 0 Å². The molecule has 0 aliphatic carbocycles. The fourth-order valence-electron chi connectivity index (χ4n) is 5.31. The molecule has 2 aliphatic heterocycles. The lowest BCUT2D eigenvalue weighted by atomic mass is 9.94. The Bertz CT molecular complexity index is 1640. The van der Waals surface area contributed by atoms with E-state index in [1.165, 1.54) is 30.6 Å². The highest BCUT2D eigenvalue weighted by molar-refractivity contribution is 7.80. The summed E-state index contributed by atoms with van der Waals surface area (Å²) in [4.78, 5) is 51.5. The van der Waals surface area contributed by atoms with E-state index in [1.807, 2.05) is 30.3 Å². The van der Waals surface area contributed by atoms with Gasteiger partial charge in [-0.3, -0.25) is 14.5 Å². The van der Waals surface area contributed by atoms with Crippen LogP contribution in [0.1, 0.15) is 86.9 Å². The second kappa shape index (κ2) is 11.9. The molecule has 0 fully saturated rings. The summed E-state index contributed by atoms with van der Waals surface area (Å²) in [6.45, 7) is 2.70. The average molecular weight is 572 g/mol. The lowest BCUT2D eigenvalue weighted by Gasteiger charge is -2.27. The smallest absolute Gasteiger partial charge is 0.346 e. The zero-order chi connectivity index (χ0) is 28.4. The number of ether oxygens (including phenoxy) is 1. The van der Waals surface area contributed by atoms with Crippen molar-refractivity contribution in [2.75, 3.05) is 6.54 Å². The number of unbranched alkanes of at least 4 members (excludes halogenated alkanes) is 5. The lowest BCUT2D eigenvalue weighted by Crippen LogP contribution is -2.40. The zero-order valence-corrected chi connectivity index (χ0v) is 23.9. The second-order valence-corrected chi connectivity index (χ2v) is 10.9. The summed E-state index contributed by atoms with van der Waals surface area (Å²) in [5, 5.41) is 3.05. The number of rotatable bonds is 7. The molecule has 0 radical (unpaired) electrons. The molecule has 8 heteroatoms. The molecule has 6 rings (SSSR count). The molecule has 0 bridgehead atoms. The topological polar surface area (TPSA) is 80.8 Å². The number of carbonyl (C=O) groups excluding carboxylic acids is 4. The molecule has 204 valence electrons. The van der Waals surface area contributed by atoms with Crippen molar-refractivity contribution in [2.45, 2.75) is 55.2 Å². The van der Waals surface area contributed by atoms with Crippen LogP contribution in [-0.2, 0) is 4.74 Å². The molecular weight excluding hydrogens is 542 g/mol. The van der Waals surface area contributed by atoms with Crippen molar-refractivity contribution in [1.82, 2.24) is 4.90 Å². The van der Waals surface area contributed by atoms with E-state index in [9.17, 15) is 19.2 Å². The second-order valence-electron chi connectivity index (χ2n) is 9.93. The highest BCUT2D eigenvalue weighted by atomic mass is 32.1. The Morgan fingerprint density at radius 2 is 1.07 bits per heavy atom. The van der Waals surface area contributed by atoms with Crippen LogP contribution in [-0.4, -0.2) is 35.2 Å². The number of esters is 2. The number of hydrogen-bond donors (Lipinski definition) is 2. The van der Waals surface area contributed by atoms with E-state index >= 15 is 0 Å². The molecule has 0 aromatic heterocycles. The highest BCUT2D eigenvalue weighted by Crippen LogP contribution is 2.34. The summed E-state index contributed by atoms with van der Waals surface area (Å²) in [5.41, 5.74) is 2.07. The van der Waals surface area contributed by atoms with Crippen LogP contribution >= 0.6 is 25.3 Å². The molecule has 2 amide bonds. The van der Waals surface area contributed by atoms with Crippen molar-refractivity contribution >= 4 is 70.6 Å². The van der Waals surface area contributed by atoms with Gasteiger partial charge in [-0.2, -0.15) is 0 Å². The van der Waals surface area contributed by atoms with Crippen LogP contribution in [0.4, 0.5) is 0 Å². The first kappa shape index (κ1) is 27.9. The number of carbonyl (C=O) groups is 4. The minimum atomic E-state index is -0.595. The monoisotopic (exact) mass is 571 g/mol. The van der Waals surface area contributed by atoms with Gasteiger partial charge in [-0.05, 0) is 53.6 Å². The van der Waals surface area contributed by atoms with Gasteiger partial charge in [0.05, 0.1) is 11.1 Å². The van der Waals surface area contributed by atoms with Gasteiger partial charge in [0.25, 0.3) is 11.8 Å². The zero-order valence-electron chi connectivity index (χ0n) is 22.1. The van der Waals surface area contributed by atoms with E-state index in [4.69, 9.17) is 0 Å². The Hall–Kier alpha value is -3.62. The fraction of sp³-hybridized carbons (Fsp3) is 0.250. The van der Waals surface area contributed by atoms with Gasteiger partial charge in [0.2, 0.25) is 0 Å². The molecule has 0 saturated heterocycles. The summed E-state index contributed by atoms with van der Waals surface area (Å²) in [6, 6.07) is 17.8. The van der Waals surface area contributed by atoms with Gasteiger partial charge in [0.15, 0.2) is 0 Å². The third-order valence-corrected chi connectivity index (χ3v) is 8.13. The Morgan fingerprint density at radius 1 is 0.600 bits per heavy atom. The first-order valence-electron chi connectivity index (χ1n) is 13.5. The molecule has 0 N–H and O–H groups in total. The van der Waals surface area contributed by atoms with Crippen LogP contribution in [0, 0.1) is 0 Å². The van der Waals surface area contributed by atoms with Crippen LogP contribution in [0.5, 0.6) is 0 Å². The third kappa shape index (κ3) is 5.13. The number of cyclic esters (lactones) is 2. The van der Waals surface area contributed by atoms with Gasteiger partial charge in [-0.15, -0.1) is 25.3 Å². The molecule has 40 heavy (non-hydrogen) atoms. The number of thiol groups is 2. The van der Waals surface area contributed by atoms with E-state index in [0.29, 0.717) is 34.2 Å². The average Bonchev–Trinajstić information content (AvgIpc) is 2.95. The molecule has 0 spiro atoms. The molecule has 4 aromatic rings. The molecule has 2 aliphatic rings. The molecular formula is C32H29NO5S2. The van der Waals surface area contributed by atoms with Crippen LogP contribution in [0.2, 0.25) is 0 Å². The van der Waals surface area contributed by atoms with E-state index in [1.54, 1.807) is 30.3 Å². The fourth-order valence-corrected chi connectivity index (χ4v) is 5.83. The lowest BCUT2D eigenvalue weighted by molar-refractivity contribution is 0.0390. The third-order valence-electron chi connectivity index (χ3n) is 7.35. The predicted octanol–water partition coefficient (Wildman–Crippen LogP) is 7.52. The number of benzene rings is 4. The molecule has 2 heterocycles. The first-order chi connectivity index (χ1) is 19.3. The minimum absolute atomic E-state index is 0.175. The quantitative estimate of drug-likeness (QED) is 0.0788. The normalized spacial score (nSPS) is 13.9. The van der Waals surface area contributed by atoms with E-state index < -0.39 is 11.9 Å². The Labute approximate surface area is 243 Å². The molecule has 4 aromatic carbocycles. The highest BCUT2D eigenvalue weighted by Gasteiger charge is 2.32. The van der Waals surface area contributed by atoms with Crippen molar-refractivity contribution in [3.63, 3.8) is 0 Å². The largest absolute Gasteiger partial charge is 0.386 e. The summed E-state index contributed by atoms with van der Waals surface area (Å²) >= 11 is 8.75. The molecule has 6 nitrogen and oxygen atoms in total. The molecule has 0 unspecified atom stereocenters. The van der Waals surface area contributed by atoms with E-state index in [-0.39, 0.29) is 11.8 Å². The maximum Gasteiger partial charge on any atom is 0.346 e. The maximum absolute atomic E-state index is 12.8.